The van der Waals surface area contributed by atoms with Gasteiger partial charge >= 0.3 is 0 Å². The van der Waals surface area contributed by atoms with Gasteiger partial charge in [-0.25, -0.2) is 0 Å². The summed E-state index contributed by atoms with van der Waals surface area (Å²) in [5.74, 6) is 0.882. The third-order valence-electron chi connectivity index (χ3n) is 4.63. The van der Waals surface area contributed by atoms with Crippen LogP contribution < -0.4 is 10.1 Å². The van der Waals surface area contributed by atoms with Gasteiger partial charge in [-0.15, -0.1) is 0 Å². The second kappa shape index (κ2) is 8.00. The van der Waals surface area contributed by atoms with Gasteiger partial charge in [0, 0.05) is 23.8 Å². The lowest BCUT2D eigenvalue weighted by molar-refractivity contribution is 0.305. The number of rotatable bonds is 7. The van der Waals surface area contributed by atoms with Gasteiger partial charge in [-0.2, -0.15) is 0 Å². The highest BCUT2D eigenvalue weighted by atomic mass is 16.5. The number of anilines is 1. The predicted molar refractivity (Wildman–Crippen MR) is 113 cm³/mol. The zero-order valence-corrected chi connectivity index (χ0v) is 15.6. The minimum atomic E-state index is 0.558. The Morgan fingerprint density at radius 1 is 0.889 bits per heavy atom. The second-order valence-electron chi connectivity index (χ2n) is 6.63. The Kier molecular flexibility index (Phi) is 5.10. The van der Waals surface area contributed by atoms with Crippen molar-refractivity contribution in [1.82, 2.24) is 4.57 Å². The van der Waals surface area contributed by atoms with E-state index < -0.39 is 0 Å². The van der Waals surface area contributed by atoms with E-state index in [4.69, 9.17) is 4.74 Å². The number of fused-ring (bicyclic) bond motifs is 1. The largest absolute Gasteiger partial charge is 0.487 e. The molecular weight excluding hydrogens is 332 g/mol. The molecule has 3 nitrogen and oxygen atoms in total. The van der Waals surface area contributed by atoms with Gasteiger partial charge in [0.05, 0.1) is 11.2 Å². The molecule has 4 rings (SSSR count). The van der Waals surface area contributed by atoms with Gasteiger partial charge in [0.25, 0.3) is 0 Å². The number of hydrogen-bond acceptors (Lipinski definition) is 2. The second-order valence-corrected chi connectivity index (χ2v) is 6.63. The van der Waals surface area contributed by atoms with Gasteiger partial charge in [0.15, 0.2) is 0 Å². The Bertz CT molecular complexity index is 1020. The van der Waals surface area contributed by atoms with Crippen LogP contribution >= 0.6 is 0 Å². The van der Waals surface area contributed by atoms with Crippen molar-refractivity contribution in [3.8, 4) is 11.4 Å². The summed E-state index contributed by atoms with van der Waals surface area (Å²) < 4.78 is 8.33. The molecule has 0 radical (unpaired) electrons. The Morgan fingerprint density at radius 2 is 1.70 bits per heavy atom. The highest BCUT2D eigenvalue weighted by Crippen LogP contribution is 2.29. The average molecular weight is 356 g/mol. The molecule has 136 valence electrons. The molecule has 27 heavy (non-hydrogen) atoms. The molecule has 0 spiro atoms. The summed E-state index contributed by atoms with van der Waals surface area (Å²) in [7, 11) is 0. The number of nitrogens with zero attached hydrogens (tertiary/aromatic N) is 1. The molecule has 1 heterocycles. The standard InChI is InChI=1S/C24H24N2O/c1-2-15-25-21-12-13-22-20(17-21)14-16-26(22)23-10-6-7-11-24(23)27-18-19-8-4-3-5-9-19/h3-14,16-17,25H,2,15,18H2,1H3. The fourth-order valence-corrected chi connectivity index (χ4v) is 3.25. The third kappa shape index (κ3) is 3.82. The van der Waals surface area contributed by atoms with Gasteiger partial charge in [-0.3, -0.25) is 0 Å². The minimum absolute atomic E-state index is 0.558. The smallest absolute Gasteiger partial charge is 0.143 e. The highest BCUT2D eigenvalue weighted by Gasteiger charge is 2.09. The summed E-state index contributed by atoms with van der Waals surface area (Å²) in [5.41, 5.74) is 4.55. The molecule has 1 aromatic heterocycles. The first-order chi connectivity index (χ1) is 13.3. The van der Waals surface area contributed by atoms with Crippen LogP contribution in [0.15, 0.2) is 85.1 Å². The Hall–Kier alpha value is -3.20. The van der Waals surface area contributed by atoms with E-state index in [1.807, 2.05) is 36.4 Å². The summed E-state index contributed by atoms with van der Waals surface area (Å²) >= 11 is 0. The molecule has 0 aliphatic heterocycles. The third-order valence-corrected chi connectivity index (χ3v) is 4.63. The Balaban J connectivity index is 1.63. The normalized spacial score (nSPS) is 10.9. The first kappa shape index (κ1) is 17.2. The molecule has 0 saturated carbocycles. The van der Waals surface area contributed by atoms with E-state index in [1.54, 1.807) is 0 Å². The summed E-state index contributed by atoms with van der Waals surface area (Å²) in [5, 5.41) is 4.67. The van der Waals surface area contributed by atoms with E-state index in [0.29, 0.717) is 6.61 Å². The van der Waals surface area contributed by atoms with Crippen LogP contribution in [0.2, 0.25) is 0 Å². The summed E-state index contributed by atoms with van der Waals surface area (Å²) in [6, 6.07) is 27.1. The van der Waals surface area contributed by atoms with Crippen molar-refractivity contribution in [3.05, 3.63) is 90.6 Å². The molecule has 0 saturated heterocycles. The first-order valence-corrected chi connectivity index (χ1v) is 9.46. The lowest BCUT2D eigenvalue weighted by Crippen LogP contribution is -2.01. The molecule has 0 aliphatic carbocycles. The molecule has 0 fully saturated rings. The fourth-order valence-electron chi connectivity index (χ4n) is 3.25. The van der Waals surface area contributed by atoms with Crippen molar-refractivity contribution in [2.75, 3.05) is 11.9 Å². The van der Waals surface area contributed by atoms with Gasteiger partial charge in [0.1, 0.15) is 12.4 Å². The number of aromatic nitrogens is 1. The van der Waals surface area contributed by atoms with E-state index in [1.165, 1.54) is 10.9 Å². The van der Waals surface area contributed by atoms with Crippen LogP contribution in [0.25, 0.3) is 16.6 Å². The molecule has 4 aromatic rings. The van der Waals surface area contributed by atoms with Crippen LogP contribution in [0.1, 0.15) is 18.9 Å². The maximum absolute atomic E-state index is 6.14. The van der Waals surface area contributed by atoms with E-state index in [0.717, 1.165) is 35.7 Å². The molecule has 0 unspecified atom stereocenters. The first-order valence-electron chi connectivity index (χ1n) is 9.46. The molecule has 0 atom stereocenters. The molecule has 3 aromatic carbocycles. The molecule has 0 aliphatic rings. The van der Waals surface area contributed by atoms with Crippen LogP contribution in [-0.2, 0) is 6.61 Å². The van der Waals surface area contributed by atoms with Gasteiger partial charge in [-0.05, 0) is 48.4 Å². The van der Waals surface area contributed by atoms with Crippen molar-refractivity contribution in [3.63, 3.8) is 0 Å². The van der Waals surface area contributed by atoms with Crippen molar-refractivity contribution in [1.29, 1.82) is 0 Å². The van der Waals surface area contributed by atoms with E-state index in [-0.39, 0.29) is 0 Å². The maximum atomic E-state index is 6.14. The van der Waals surface area contributed by atoms with Crippen LogP contribution in [-0.4, -0.2) is 11.1 Å². The number of benzene rings is 3. The maximum Gasteiger partial charge on any atom is 0.143 e. The zero-order valence-electron chi connectivity index (χ0n) is 15.6. The van der Waals surface area contributed by atoms with E-state index in [9.17, 15) is 0 Å². The zero-order chi connectivity index (χ0) is 18.5. The Morgan fingerprint density at radius 3 is 2.56 bits per heavy atom. The fraction of sp³-hybridized carbons (Fsp3) is 0.167. The summed E-state index contributed by atoms with van der Waals surface area (Å²) in [4.78, 5) is 0. The van der Waals surface area contributed by atoms with E-state index in [2.05, 4.69) is 65.5 Å². The van der Waals surface area contributed by atoms with Crippen LogP contribution in [0, 0.1) is 0 Å². The molecule has 1 N–H and O–H groups in total. The van der Waals surface area contributed by atoms with Crippen molar-refractivity contribution in [2.45, 2.75) is 20.0 Å². The number of hydrogen-bond donors (Lipinski definition) is 1. The van der Waals surface area contributed by atoms with Crippen molar-refractivity contribution < 1.29 is 4.74 Å². The number of para-hydroxylation sites is 2. The molecule has 3 heteroatoms. The number of ether oxygens (including phenoxy) is 1. The lowest BCUT2D eigenvalue weighted by Gasteiger charge is -2.14. The van der Waals surface area contributed by atoms with Crippen molar-refractivity contribution in [2.24, 2.45) is 0 Å². The monoisotopic (exact) mass is 356 g/mol. The molecular formula is C24H24N2O. The quantitative estimate of drug-likeness (QED) is 0.437. The lowest BCUT2D eigenvalue weighted by atomic mass is 10.2. The van der Waals surface area contributed by atoms with E-state index >= 15 is 0 Å². The van der Waals surface area contributed by atoms with Crippen LogP contribution in [0.3, 0.4) is 0 Å². The van der Waals surface area contributed by atoms with Crippen LogP contribution in [0.4, 0.5) is 5.69 Å². The topological polar surface area (TPSA) is 26.2 Å². The van der Waals surface area contributed by atoms with Crippen LogP contribution in [0.5, 0.6) is 5.75 Å². The predicted octanol–water partition coefficient (Wildman–Crippen LogP) is 6.03. The minimum Gasteiger partial charge on any atom is -0.487 e. The Labute approximate surface area is 160 Å². The summed E-state index contributed by atoms with van der Waals surface area (Å²) in [6.07, 6.45) is 3.23. The van der Waals surface area contributed by atoms with Crippen molar-refractivity contribution >= 4 is 16.6 Å². The highest BCUT2D eigenvalue weighted by molar-refractivity contribution is 5.85. The van der Waals surface area contributed by atoms with Gasteiger partial charge < -0.3 is 14.6 Å². The van der Waals surface area contributed by atoms with Gasteiger partial charge in [0.2, 0.25) is 0 Å². The molecule has 0 amide bonds. The van der Waals surface area contributed by atoms with Gasteiger partial charge in [-0.1, -0.05) is 49.4 Å². The molecule has 0 bridgehead atoms. The number of nitrogens with one attached hydrogen (secondary N) is 1. The average Bonchev–Trinajstić information content (AvgIpc) is 3.15. The summed E-state index contributed by atoms with van der Waals surface area (Å²) in [6.45, 7) is 3.72. The SMILES string of the molecule is CCCNc1ccc2c(ccn2-c2ccccc2OCc2ccccc2)c1.